The number of anilines is 2. The molecule has 2 rings (SSSR count). The molecule has 0 spiro atoms. The zero-order valence-corrected chi connectivity index (χ0v) is 11.2. The van der Waals surface area contributed by atoms with Crippen LogP contribution >= 0.6 is 15.9 Å². The summed E-state index contributed by atoms with van der Waals surface area (Å²) in [7, 11) is 0. The van der Waals surface area contributed by atoms with Crippen molar-refractivity contribution in [3.05, 3.63) is 58.1 Å². The molecule has 3 nitrogen and oxygen atoms in total. The third-order valence-electron chi connectivity index (χ3n) is 2.43. The Balaban J connectivity index is 2.31. The molecule has 1 amide bonds. The molecule has 0 atom stereocenters. The minimum Gasteiger partial charge on any atom is -0.399 e. The fraction of sp³-hybridized carbons (Fsp3) is 0. The lowest BCUT2D eigenvalue weighted by Crippen LogP contribution is -2.15. The van der Waals surface area contributed by atoms with Crippen LogP contribution in [0.1, 0.15) is 10.4 Å². The van der Waals surface area contributed by atoms with E-state index in [2.05, 4.69) is 21.2 Å². The average molecular weight is 327 g/mol. The maximum Gasteiger partial charge on any atom is 0.259 e. The number of benzene rings is 2. The summed E-state index contributed by atoms with van der Waals surface area (Å²) < 4.78 is 27.4. The summed E-state index contributed by atoms with van der Waals surface area (Å²) in [6.45, 7) is 0. The van der Waals surface area contributed by atoms with Crippen molar-refractivity contribution in [2.75, 3.05) is 11.1 Å². The lowest BCUT2D eigenvalue weighted by molar-refractivity contribution is 0.102. The summed E-state index contributed by atoms with van der Waals surface area (Å²) in [4.78, 5) is 11.9. The number of nitrogens with one attached hydrogen (secondary N) is 1. The Hall–Kier alpha value is -1.95. The molecule has 0 heterocycles. The second kappa shape index (κ2) is 5.36. The number of nitrogen functional groups attached to an aromatic ring is 1. The molecule has 2 aromatic carbocycles. The summed E-state index contributed by atoms with van der Waals surface area (Å²) in [5, 5.41) is 2.30. The van der Waals surface area contributed by atoms with Crippen LogP contribution in [0.3, 0.4) is 0 Å². The summed E-state index contributed by atoms with van der Waals surface area (Å²) in [5.41, 5.74) is 5.39. The van der Waals surface area contributed by atoms with Gasteiger partial charge in [0.25, 0.3) is 5.91 Å². The smallest absolute Gasteiger partial charge is 0.259 e. The number of hydrogen-bond donors (Lipinski definition) is 2. The van der Waals surface area contributed by atoms with Crippen LogP contribution < -0.4 is 11.1 Å². The van der Waals surface area contributed by atoms with E-state index in [1.54, 1.807) is 0 Å². The van der Waals surface area contributed by atoms with Crippen LogP contribution in [-0.2, 0) is 0 Å². The van der Waals surface area contributed by atoms with Gasteiger partial charge in [0.2, 0.25) is 0 Å². The second-order valence-electron chi connectivity index (χ2n) is 3.79. The van der Waals surface area contributed by atoms with E-state index in [-0.39, 0.29) is 16.9 Å². The standard InChI is InChI=1S/C13H9BrF2N2O/c14-8-2-1-3-9(15)12(8)13(19)18-11-5-4-7(17)6-10(11)16/h1-6H,17H2,(H,18,19). The number of nitrogens with two attached hydrogens (primary N) is 1. The lowest BCUT2D eigenvalue weighted by Gasteiger charge is -2.09. The number of amides is 1. The van der Waals surface area contributed by atoms with Gasteiger partial charge in [0.05, 0.1) is 11.3 Å². The highest BCUT2D eigenvalue weighted by atomic mass is 79.9. The van der Waals surface area contributed by atoms with Crippen LogP contribution in [0, 0.1) is 11.6 Å². The number of carbonyl (C=O) groups is 1. The van der Waals surface area contributed by atoms with Crippen molar-refractivity contribution in [2.24, 2.45) is 0 Å². The van der Waals surface area contributed by atoms with Gasteiger partial charge in [0.15, 0.2) is 0 Å². The van der Waals surface area contributed by atoms with E-state index >= 15 is 0 Å². The molecule has 6 heteroatoms. The predicted molar refractivity (Wildman–Crippen MR) is 72.9 cm³/mol. The van der Waals surface area contributed by atoms with E-state index in [1.807, 2.05) is 0 Å². The predicted octanol–water partition coefficient (Wildman–Crippen LogP) is 3.56. The van der Waals surface area contributed by atoms with E-state index in [4.69, 9.17) is 5.73 Å². The molecule has 0 aromatic heterocycles. The number of carbonyl (C=O) groups excluding carboxylic acids is 1. The molecule has 0 radical (unpaired) electrons. The zero-order valence-electron chi connectivity index (χ0n) is 9.58. The van der Waals surface area contributed by atoms with Gasteiger partial charge < -0.3 is 11.1 Å². The van der Waals surface area contributed by atoms with E-state index < -0.39 is 17.5 Å². The molecule has 3 N–H and O–H groups in total. The minimum atomic E-state index is -0.742. The number of rotatable bonds is 2. The Bertz CT molecular complexity index is 626. The van der Waals surface area contributed by atoms with E-state index in [0.29, 0.717) is 4.47 Å². The lowest BCUT2D eigenvalue weighted by atomic mass is 10.2. The number of halogens is 3. The fourth-order valence-corrected chi connectivity index (χ4v) is 2.05. The molecule has 0 saturated heterocycles. The molecule has 0 fully saturated rings. The van der Waals surface area contributed by atoms with Gasteiger partial charge in [-0.1, -0.05) is 6.07 Å². The largest absolute Gasteiger partial charge is 0.399 e. The maximum atomic E-state index is 13.6. The molecule has 2 aromatic rings. The fourth-order valence-electron chi connectivity index (χ4n) is 1.53. The molecule has 98 valence electrons. The van der Waals surface area contributed by atoms with Gasteiger partial charge in [0.1, 0.15) is 11.6 Å². The van der Waals surface area contributed by atoms with E-state index in [9.17, 15) is 13.6 Å². The molecule has 0 saturated carbocycles. The molecule has 0 bridgehead atoms. The Morgan fingerprint density at radius 1 is 1.16 bits per heavy atom. The zero-order chi connectivity index (χ0) is 14.0. The van der Waals surface area contributed by atoms with Crippen molar-refractivity contribution in [1.29, 1.82) is 0 Å². The number of hydrogen-bond acceptors (Lipinski definition) is 2. The van der Waals surface area contributed by atoms with Crippen LogP contribution in [-0.4, -0.2) is 5.91 Å². The molecule has 0 unspecified atom stereocenters. The highest BCUT2D eigenvalue weighted by Crippen LogP contribution is 2.22. The summed E-state index contributed by atoms with van der Waals surface area (Å²) in [6.07, 6.45) is 0. The van der Waals surface area contributed by atoms with Crippen LogP contribution in [0.4, 0.5) is 20.2 Å². The normalized spacial score (nSPS) is 10.3. The average Bonchev–Trinajstić information content (AvgIpc) is 2.32. The Kier molecular flexibility index (Phi) is 3.80. The first-order valence-corrected chi connectivity index (χ1v) is 6.08. The van der Waals surface area contributed by atoms with Gasteiger partial charge in [0, 0.05) is 10.2 Å². The summed E-state index contributed by atoms with van der Waals surface area (Å²) in [6, 6.07) is 7.97. The topological polar surface area (TPSA) is 55.1 Å². The van der Waals surface area contributed by atoms with Crippen molar-refractivity contribution < 1.29 is 13.6 Å². The van der Waals surface area contributed by atoms with E-state index in [0.717, 1.165) is 12.1 Å². The molecular weight excluding hydrogens is 318 g/mol. The van der Waals surface area contributed by atoms with Gasteiger partial charge in [-0.05, 0) is 46.3 Å². The second-order valence-corrected chi connectivity index (χ2v) is 4.64. The van der Waals surface area contributed by atoms with Crippen LogP contribution in [0.25, 0.3) is 0 Å². The summed E-state index contributed by atoms with van der Waals surface area (Å²) in [5.74, 6) is -2.11. The quantitative estimate of drug-likeness (QED) is 0.829. The maximum absolute atomic E-state index is 13.6. The molecule has 19 heavy (non-hydrogen) atoms. The van der Waals surface area contributed by atoms with Gasteiger partial charge in [-0.25, -0.2) is 8.78 Å². The highest BCUT2D eigenvalue weighted by Gasteiger charge is 2.16. The first-order chi connectivity index (χ1) is 8.99. The van der Waals surface area contributed by atoms with Gasteiger partial charge in [-0.2, -0.15) is 0 Å². The Morgan fingerprint density at radius 3 is 2.53 bits per heavy atom. The molecule has 0 aliphatic heterocycles. The third-order valence-corrected chi connectivity index (χ3v) is 3.09. The first-order valence-electron chi connectivity index (χ1n) is 5.29. The van der Waals surface area contributed by atoms with Crippen LogP contribution in [0.15, 0.2) is 40.9 Å². The Morgan fingerprint density at radius 2 is 1.89 bits per heavy atom. The van der Waals surface area contributed by atoms with Crippen molar-refractivity contribution in [3.63, 3.8) is 0 Å². The summed E-state index contributed by atoms with van der Waals surface area (Å²) >= 11 is 3.08. The molecule has 0 aliphatic carbocycles. The van der Waals surface area contributed by atoms with Crippen molar-refractivity contribution >= 4 is 33.2 Å². The van der Waals surface area contributed by atoms with Crippen molar-refractivity contribution in [3.8, 4) is 0 Å². The molecular formula is C13H9BrF2N2O. The van der Waals surface area contributed by atoms with Crippen LogP contribution in [0.2, 0.25) is 0 Å². The SMILES string of the molecule is Nc1ccc(NC(=O)c2c(F)cccc2Br)c(F)c1. The molecule has 0 aliphatic rings. The van der Waals surface area contributed by atoms with Gasteiger partial charge in [-0.3, -0.25) is 4.79 Å². The minimum absolute atomic E-state index is 0.0608. The third kappa shape index (κ3) is 2.90. The van der Waals surface area contributed by atoms with E-state index in [1.165, 1.54) is 24.3 Å². The first kappa shape index (κ1) is 13.5. The van der Waals surface area contributed by atoms with Crippen molar-refractivity contribution in [2.45, 2.75) is 0 Å². The van der Waals surface area contributed by atoms with Gasteiger partial charge in [-0.15, -0.1) is 0 Å². The Labute approximate surface area is 116 Å². The van der Waals surface area contributed by atoms with Crippen molar-refractivity contribution in [1.82, 2.24) is 0 Å². The monoisotopic (exact) mass is 326 g/mol. The van der Waals surface area contributed by atoms with Crippen LogP contribution in [0.5, 0.6) is 0 Å². The van der Waals surface area contributed by atoms with Gasteiger partial charge >= 0.3 is 0 Å². The highest BCUT2D eigenvalue weighted by molar-refractivity contribution is 9.10.